The molecule has 1 N–H and O–H groups in total. The van der Waals surface area contributed by atoms with Crippen LogP contribution in [-0.2, 0) is 9.59 Å². The van der Waals surface area contributed by atoms with E-state index in [0.29, 0.717) is 11.3 Å². The number of nitrogens with one attached hydrogen (secondary N) is 1. The molecule has 0 spiro atoms. The van der Waals surface area contributed by atoms with Crippen LogP contribution in [0.2, 0.25) is 0 Å². The molecule has 3 aromatic carbocycles. The lowest BCUT2D eigenvalue weighted by Gasteiger charge is -2.28. The van der Waals surface area contributed by atoms with Crippen molar-refractivity contribution in [2.75, 3.05) is 4.90 Å². The second kappa shape index (κ2) is 10.0. The van der Waals surface area contributed by atoms with Crippen molar-refractivity contribution in [3.05, 3.63) is 105 Å². The van der Waals surface area contributed by atoms with E-state index >= 15 is 0 Å². The number of carbonyl (C=O) groups is 4. The molecule has 10 heteroatoms. The number of amides is 4. The summed E-state index contributed by atoms with van der Waals surface area (Å²) in [4.78, 5) is 64.9. The Bertz CT molecular complexity index is 1430. The molecule has 0 aromatic heterocycles. The molecule has 1 unspecified atom stereocenters. The van der Waals surface area contributed by atoms with Crippen molar-refractivity contribution >= 4 is 35.0 Å². The smallest absolute Gasteiger partial charge is 0.273 e. The minimum atomic E-state index is -1.35. The van der Waals surface area contributed by atoms with E-state index in [0.717, 1.165) is 27.1 Å². The van der Waals surface area contributed by atoms with Gasteiger partial charge in [0, 0.05) is 17.7 Å². The molecule has 0 saturated carbocycles. The van der Waals surface area contributed by atoms with Crippen molar-refractivity contribution in [3.8, 4) is 0 Å². The van der Waals surface area contributed by atoms with E-state index in [4.69, 9.17) is 0 Å². The van der Waals surface area contributed by atoms with Crippen LogP contribution in [-0.4, -0.2) is 39.6 Å². The van der Waals surface area contributed by atoms with E-state index < -0.39 is 34.6 Å². The Morgan fingerprint density at radius 3 is 2.32 bits per heavy atom. The zero-order valence-electron chi connectivity index (χ0n) is 20.4. The maximum absolute atomic E-state index is 13.7. The molecule has 1 aliphatic rings. The first-order chi connectivity index (χ1) is 17.6. The van der Waals surface area contributed by atoms with Crippen molar-refractivity contribution in [1.29, 1.82) is 0 Å². The fourth-order valence-corrected chi connectivity index (χ4v) is 4.10. The van der Waals surface area contributed by atoms with Crippen molar-refractivity contribution in [3.63, 3.8) is 0 Å². The largest absolute Gasteiger partial charge is 0.274 e. The number of hydrogen-bond donors (Lipinski definition) is 1. The first kappa shape index (κ1) is 25.2. The molecular formula is C27H24N4O6. The fourth-order valence-electron chi connectivity index (χ4n) is 4.10. The van der Waals surface area contributed by atoms with E-state index in [9.17, 15) is 29.3 Å². The van der Waals surface area contributed by atoms with Gasteiger partial charge in [-0.2, -0.15) is 0 Å². The lowest BCUT2D eigenvalue weighted by molar-refractivity contribution is -0.384. The number of rotatable bonds is 5. The summed E-state index contributed by atoms with van der Waals surface area (Å²) in [7, 11) is 0. The van der Waals surface area contributed by atoms with E-state index in [1.165, 1.54) is 12.1 Å². The highest BCUT2D eigenvalue weighted by Gasteiger charge is 2.46. The third-order valence-electron chi connectivity index (χ3n) is 6.11. The topological polar surface area (TPSA) is 130 Å². The molecule has 0 aliphatic carbocycles. The van der Waals surface area contributed by atoms with Gasteiger partial charge in [0.25, 0.3) is 23.4 Å². The minimum absolute atomic E-state index is 0.0761. The molecule has 4 amide bonds. The molecule has 1 atom stereocenters. The van der Waals surface area contributed by atoms with Crippen LogP contribution in [0.15, 0.2) is 66.7 Å². The van der Waals surface area contributed by atoms with Gasteiger partial charge in [-0.25, -0.2) is 9.91 Å². The van der Waals surface area contributed by atoms with Crippen LogP contribution in [0.5, 0.6) is 0 Å². The first-order valence-electron chi connectivity index (χ1n) is 11.5. The molecule has 1 heterocycles. The summed E-state index contributed by atoms with van der Waals surface area (Å²) in [5, 5.41) is 12.1. The van der Waals surface area contributed by atoms with Crippen LogP contribution >= 0.6 is 0 Å². The Labute approximate surface area is 212 Å². The Morgan fingerprint density at radius 1 is 0.973 bits per heavy atom. The third-order valence-corrected chi connectivity index (χ3v) is 6.11. The second-order valence-electron chi connectivity index (χ2n) is 8.86. The van der Waals surface area contributed by atoms with E-state index in [2.05, 4.69) is 5.43 Å². The van der Waals surface area contributed by atoms with Crippen LogP contribution < -0.4 is 10.3 Å². The molecule has 3 aromatic rings. The Morgan fingerprint density at radius 2 is 1.68 bits per heavy atom. The number of aryl methyl sites for hydroxylation is 3. The highest BCUT2D eigenvalue weighted by Crippen LogP contribution is 2.27. The van der Waals surface area contributed by atoms with Crippen molar-refractivity contribution in [1.82, 2.24) is 10.4 Å². The summed E-state index contributed by atoms with van der Waals surface area (Å²) in [6, 6.07) is 15.8. The van der Waals surface area contributed by atoms with E-state index in [1.807, 2.05) is 6.92 Å². The highest BCUT2D eigenvalue weighted by molar-refractivity contribution is 6.23. The lowest BCUT2D eigenvalue weighted by atomic mass is 10.1. The normalized spacial score (nSPS) is 15.0. The average molecular weight is 501 g/mol. The number of nitrogens with zero attached hydrogens (tertiary/aromatic N) is 3. The van der Waals surface area contributed by atoms with Gasteiger partial charge in [-0.05, 0) is 50.6 Å². The zero-order valence-corrected chi connectivity index (χ0v) is 20.4. The molecule has 1 saturated heterocycles. The fraction of sp³-hybridized carbons (Fsp3) is 0.185. The van der Waals surface area contributed by atoms with E-state index in [-0.39, 0.29) is 23.2 Å². The number of hydrogen-bond acceptors (Lipinski definition) is 6. The van der Waals surface area contributed by atoms with Crippen LogP contribution in [0.1, 0.15) is 43.8 Å². The van der Waals surface area contributed by atoms with Crippen LogP contribution in [0.25, 0.3) is 0 Å². The van der Waals surface area contributed by atoms with Crippen molar-refractivity contribution in [2.45, 2.75) is 33.2 Å². The van der Waals surface area contributed by atoms with Gasteiger partial charge in [-0.15, -0.1) is 0 Å². The number of carbonyl (C=O) groups excluding carboxylic acids is 4. The second-order valence-corrected chi connectivity index (χ2v) is 8.86. The molecule has 37 heavy (non-hydrogen) atoms. The number of anilines is 1. The Balaban J connectivity index is 1.74. The van der Waals surface area contributed by atoms with Crippen LogP contribution in [0.3, 0.4) is 0 Å². The minimum Gasteiger partial charge on any atom is -0.274 e. The number of nitro groups is 1. The summed E-state index contributed by atoms with van der Waals surface area (Å²) in [6.45, 7) is 5.24. The number of hydrazine groups is 1. The molecule has 1 aliphatic heterocycles. The van der Waals surface area contributed by atoms with Gasteiger partial charge in [-0.3, -0.25) is 34.7 Å². The van der Waals surface area contributed by atoms with Crippen LogP contribution in [0.4, 0.5) is 11.4 Å². The van der Waals surface area contributed by atoms with Gasteiger partial charge in [0.2, 0.25) is 5.91 Å². The van der Waals surface area contributed by atoms with Gasteiger partial charge in [0.1, 0.15) is 6.04 Å². The first-order valence-corrected chi connectivity index (χ1v) is 11.5. The third kappa shape index (κ3) is 5.08. The maximum atomic E-state index is 13.7. The van der Waals surface area contributed by atoms with Crippen molar-refractivity contribution in [2.24, 2.45) is 0 Å². The quantitative estimate of drug-likeness (QED) is 0.323. The highest BCUT2D eigenvalue weighted by atomic mass is 16.6. The zero-order chi connectivity index (χ0) is 26.9. The summed E-state index contributed by atoms with van der Waals surface area (Å²) < 4.78 is 0. The molecule has 0 bridgehead atoms. The number of non-ortho nitro benzene ring substituents is 1. The maximum Gasteiger partial charge on any atom is 0.273 e. The summed E-state index contributed by atoms with van der Waals surface area (Å²) >= 11 is 0. The predicted molar refractivity (Wildman–Crippen MR) is 135 cm³/mol. The van der Waals surface area contributed by atoms with Gasteiger partial charge >= 0.3 is 0 Å². The molecular weight excluding hydrogens is 476 g/mol. The predicted octanol–water partition coefficient (Wildman–Crippen LogP) is 3.64. The summed E-state index contributed by atoms with van der Waals surface area (Å²) in [5.41, 5.74) is 4.80. The molecule has 188 valence electrons. The van der Waals surface area contributed by atoms with Gasteiger partial charge in [0.05, 0.1) is 22.6 Å². The standard InChI is InChI=1S/C27H24N4O6/c1-16-7-10-20(11-8-16)29-24(32)15-23(27(29)35)30(28-25(33)19-6-4-5-17(2)13-19)26(34)22-14-21(31(36)37)12-9-18(22)3/h4-14,23H,15H2,1-3H3,(H,28,33). The Hall–Kier alpha value is -4.86. The number of nitro benzene ring substituents is 1. The molecule has 4 rings (SSSR count). The van der Waals surface area contributed by atoms with Gasteiger partial charge in [-0.1, -0.05) is 41.5 Å². The molecule has 0 radical (unpaired) electrons. The van der Waals surface area contributed by atoms with E-state index in [1.54, 1.807) is 62.4 Å². The van der Waals surface area contributed by atoms with Crippen molar-refractivity contribution < 1.29 is 24.1 Å². The average Bonchev–Trinajstić information content (AvgIpc) is 3.16. The van der Waals surface area contributed by atoms with Gasteiger partial charge in [0.15, 0.2) is 0 Å². The number of benzene rings is 3. The SMILES string of the molecule is Cc1ccc(N2C(=O)CC(N(NC(=O)c3cccc(C)c3)C(=O)c3cc([N+](=O)[O-])ccc3C)C2=O)cc1. The molecule has 1 fully saturated rings. The monoisotopic (exact) mass is 500 g/mol. The van der Waals surface area contributed by atoms with Gasteiger partial charge < -0.3 is 0 Å². The summed E-state index contributed by atoms with van der Waals surface area (Å²) in [6.07, 6.45) is -0.374. The van der Waals surface area contributed by atoms with Crippen LogP contribution in [0, 0.1) is 30.9 Å². The number of imide groups is 1. The molecule has 10 nitrogen and oxygen atoms in total. The summed E-state index contributed by atoms with van der Waals surface area (Å²) in [5.74, 6) is -2.76. The lowest BCUT2D eigenvalue weighted by Crippen LogP contribution is -2.54. The Kier molecular flexibility index (Phi) is 6.83.